The van der Waals surface area contributed by atoms with E-state index in [0.717, 1.165) is 18.6 Å². The third kappa shape index (κ3) is 5.24. The molecule has 1 aromatic rings. The maximum atomic E-state index is 12.4. The molecule has 0 aliphatic carbocycles. The Morgan fingerprint density at radius 2 is 1.70 bits per heavy atom. The van der Waals surface area contributed by atoms with Crippen LogP contribution < -0.4 is 15.4 Å². The van der Waals surface area contributed by atoms with E-state index in [1.54, 1.807) is 6.92 Å². The van der Waals surface area contributed by atoms with Gasteiger partial charge in [0.15, 0.2) is 6.10 Å². The minimum absolute atomic E-state index is 0.0146. The van der Waals surface area contributed by atoms with Crippen LogP contribution in [0.1, 0.15) is 53.0 Å². The van der Waals surface area contributed by atoms with Crippen LogP contribution in [0.15, 0.2) is 24.3 Å². The molecule has 0 aromatic heterocycles. The highest BCUT2D eigenvalue weighted by molar-refractivity contribution is 5.81. The molecule has 1 aromatic carbocycles. The van der Waals surface area contributed by atoms with Crippen molar-refractivity contribution in [3.8, 4) is 5.75 Å². The summed E-state index contributed by atoms with van der Waals surface area (Å²) in [7, 11) is 0. The molecule has 1 amide bonds. The Hall–Kier alpha value is -1.55. The summed E-state index contributed by atoms with van der Waals surface area (Å²) in [6, 6.07) is 7.93. The van der Waals surface area contributed by atoms with Gasteiger partial charge < -0.3 is 15.4 Å². The Kier molecular flexibility index (Phi) is 5.04. The molecule has 1 fully saturated rings. The summed E-state index contributed by atoms with van der Waals surface area (Å²) >= 11 is 0. The van der Waals surface area contributed by atoms with Crippen LogP contribution >= 0.6 is 0 Å². The number of hydrogen-bond donors (Lipinski definition) is 2. The number of piperidine rings is 1. The fraction of sp³-hybridized carbons (Fsp3) is 0.632. The van der Waals surface area contributed by atoms with E-state index in [2.05, 4.69) is 38.3 Å². The Labute approximate surface area is 140 Å². The van der Waals surface area contributed by atoms with Crippen molar-refractivity contribution in [1.82, 2.24) is 10.6 Å². The van der Waals surface area contributed by atoms with Gasteiger partial charge in [-0.05, 0) is 66.5 Å². The number of hydrogen-bond acceptors (Lipinski definition) is 3. The van der Waals surface area contributed by atoms with Gasteiger partial charge in [0.2, 0.25) is 0 Å². The van der Waals surface area contributed by atoms with Crippen molar-refractivity contribution >= 4 is 5.91 Å². The van der Waals surface area contributed by atoms with Crippen molar-refractivity contribution < 1.29 is 9.53 Å². The molecule has 1 saturated heterocycles. The molecule has 128 valence electrons. The smallest absolute Gasteiger partial charge is 0.260 e. The maximum absolute atomic E-state index is 12.4. The molecule has 4 nitrogen and oxygen atoms in total. The maximum Gasteiger partial charge on any atom is 0.260 e. The molecule has 1 heterocycles. The summed E-state index contributed by atoms with van der Waals surface area (Å²) in [5, 5.41) is 6.78. The Bertz CT molecular complexity index is 533. The van der Waals surface area contributed by atoms with Gasteiger partial charge in [0.05, 0.1) is 0 Å². The van der Waals surface area contributed by atoms with Crippen LogP contribution in [-0.2, 0) is 4.79 Å². The van der Waals surface area contributed by atoms with Crippen LogP contribution in [0.3, 0.4) is 0 Å². The Morgan fingerprint density at radius 3 is 2.22 bits per heavy atom. The summed E-state index contributed by atoms with van der Waals surface area (Å²) in [6.07, 6.45) is 1.33. The molecule has 2 N–H and O–H groups in total. The molecule has 0 unspecified atom stereocenters. The largest absolute Gasteiger partial charge is 0.481 e. The van der Waals surface area contributed by atoms with Crippen LogP contribution in [0.2, 0.25) is 0 Å². The summed E-state index contributed by atoms with van der Waals surface area (Å²) in [5.41, 5.74) is 1.20. The summed E-state index contributed by atoms with van der Waals surface area (Å²) < 4.78 is 5.75. The lowest BCUT2D eigenvalue weighted by atomic mass is 9.79. The number of carbonyl (C=O) groups is 1. The Balaban J connectivity index is 1.94. The number of benzene rings is 1. The monoisotopic (exact) mass is 318 g/mol. The van der Waals surface area contributed by atoms with E-state index < -0.39 is 6.10 Å². The van der Waals surface area contributed by atoms with Gasteiger partial charge in [-0.2, -0.15) is 0 Å². The molecule has 0 radical (unpaired) electrons. The quantitative estimate of drug-likeness (QED) is 0.896. The SMILES string of the molecule is Cc1ccc(O[C@H](C)C(=O)NC2CC(C)(C)NC(C)(C)C2)cc1. The Morgan fingerprint density at radius 1 is 1.17 bits per heavy atom. The van der Waals surface area contributed by atoms with E-state index in [1.807, 2.05) is 31.2 Å². The third-order valence-corrected chi connectivity index (χ3v) is 4.24. The van der Waals surface area contributed by atoms with Crippen molar-refractivity contribution in [3.63, 3.8) is 0 Å². The summed E-state index contributed by atoms with van der Waals surface area (Å²) in [6.45, 7) is 12.5. The molecular formula is C19H30N2O2. The lowest BCUT2D eigenvalue weighted by Crippen LogP contribution is -2.62. The first-order valence-electron chi connectivity index (χ1n) is 8.39. The van der Waals surface area contributed by atoms with E-state index >= 15 is 0 Å². The standard InChI is InChI=1S/C19H30N2O2/c1-13-7-9-16(10-8-13)23-14(2)17(22)20-15-11-18(3,4)21-19(5,6)12-15/h7-10,14-15,21H,11-12H2,1-6H3,(H,20,22)/t14-/m1/s1. The van der Waals surface area contributed by atoms with E-state index in [0.29, 0.717) is 0 Å². The molecule has 0 bridgehead atoms. The first kappa shape index (κ1) is 17.8. The second-order valence-electron chi connectivity index (χ2n) is 8.08. The molecule has 23 heavy (non-hydrogen) atoms. The van der Waals surface area contributed by atoms with Crippen molar-refractivity contribution in [2.45, 2.75) is 77.6 Å². The van der Waals surface area contributed by atoms with E-state index in [9.17, 15) is 4.79 Å². The topological polar surface area (TPSA) is 50.4 Å². The van der Waals surface area contributed by atoms with Gasteiger partial charge in [0.25, 0.3) is 5.91 Å². The normalized spacial score (nSPS) is 21.5. The highest BCUT2D eigenvalue weighted by Crippen LogP contribution is 2.28. The van der Waals surface area contributed by atoms with Crippen LogP contribution in [0, 0.1) is 6.92 Å². The summed E-state index contributed by atoms with van der Waals surface area (Å²) in [4.78, 5) is 12.4. The predicted molar refractivity (Wildman–Crippen MR) is 93.7 cm³/mol. The molecule has 0 saturated carbocycles. The van der Waals surface area contributed by atoms with E-state index in [1.165, 1.54) is 5.56 Å². The van der Waals surface area contributed by atoms with Crippen LogP contribution in [0.25, 0.3) is 0 Å². The van der Waals surface area contributed by atoms with Crippen molar-refractivity contribution in [2.24, 2.45) is 0 Å². The average molecular weight is 318 g/mol. The van der Waals surface area contributed by atoms with Crippen LogP contribution in [0.4, 0.5) is 0 Å². The molecule has 1 atom stereocenters. The number of ether oxygens (including phenoxy) is 1. The van der Waals surface area contributed by atoms with Crippen molar-refractivity contribution in [2.75, 3.05) is 0 Å². The molecule has 0 spiro atoms. The third-order valence-electron chi connectivity index (χ3n) is 4.24. The minimum Gasteiger partial charge on any atom is -0.481 e. The number of carbonyl (C=O) groups excluding carboxylic acids is 1. The van der Waals surface area contributed by atoms with Gasteiger partial charge in [-0.1, -0.05) is 17.7 Å². The van der Waals surface area contributed by atoms with Crippen molar-refractivity contribution in [3.05, 3.63) is 29.8 Å². The summed E-state index contributed by atoms with van der Waals surface area (Å²) in [5.74, 6) is 0.674. The number of amides is 1. The first-order chi connectivity index (χ1) is 10.6. The van der Waals surface area contributed by atoms with Gasteiger partial charge in [-0.25, -0.2) is 0 Å². The fourth-order valence-corrected chi connectivity index (χ4v) is 3.62. The van der Waals surface area contributed by atoms with Gasteiger partial charge in [0.1, 0.15) is 5.75 Å². The predicted octanol–water partition coefficient (Wildman–Crippen LogP) is 3.19. The zero-order valence-electron chi connectivity index (χ0n) is 15.2. The van der Waals surface area contributed by atoms with Gasteiger partial charge in [-0.3, -0.25) is 4.79 Å². The van der Waals surface area contributed by atoms with Gasteiger partial charge in [-0.15, -0.1) is 0 Å². The second-order valence-corrected chi connectivity index (χ2v) is 8.08. The van der Waals surface area contributed by atoms with E-state index in [-0.39, 0.29) is 23.0 Å². The van der Waals surface area contributed by atoms with Crippen LogP contribution in [-0.4, -0.2) is 29.1 Å². The highest BCUT2D eigenvalue weighted by atomic mass is 16.5. The zero-order chi connectivity index (χ0) is 17.3. The second kappa shape index (κ2) is 6.52. The lowest BCUT2D eigenvalue weighted by molar-refractivity contribution is -0.128. The number of aryl methyl sites for hydroxylation is 1. The average Bonchev–Trinajstić information content (AvgIpc) is 2.37. The molecule has 1 aliphatic rings. The number of nitrogens with one attached hydrogen (secondary N) is 2. The molecule has 1 aliphatic heterocycles. The first-order valence-corrected chi connectivity index (χ1v) is 8.39. The fourth-order valence-electron chi connectivity index (χ4n) is 3.62. The van der Waals surface area contributed by atoms with E-state index in [4.69, 9.17) is 4.74 Å². The minimum atomic E-state index is -0.501. The zero-order valence-corrected chi connectivity index (χ0v) is 15.2. The van der Waals surface area contributed by atoms with Crippen LogP contribution in [0.5, 0.6) is 5.75 Å². The molecule has 2 rings (SSSR count). The van der Waals surface area contributed by atoms with Crippen molar-refractivity contribution in [1.29, 1.82) is 0 Å². The highest BCUT2D eigenvalue weighted by Gasteiger charge is 2.38. The molecular weight excluding hydrogens is 288 g/mol. The lowest BCUT2D eigenvalue weighted by Gasteiger charge is -2.46. The van der Waals surface area contributed by atoms with Gasteiger partial charge in [0, 0.05) is 17.1 Å². The molecule has 4 heteroatoms. The van der Waals surface area contributed by atoms with Gasteiger partial charge >= 0.3 is 0 Å². The number of rotatable bonds is 4.